The van der Waals surface area contributed by atoms with Crippen molar-refractivity contribution < 1.29 is 9.59 Å². The van der Waals surface area contributed by atoms with Gasteiger partial charge in [0.1, 0.15) is 0 Å². The summed E-state index contributed by atoms with van der Waals surface area (Å²) in [5.74, 6) is 0.734. The third-order valence-electron chi connectivity index (χ3n) is 5.00. The Hall–Kier alpha value is -2.69. The minimum Gasteiger partial charge on any atom is -0.363 e. The van der Waals surface area contributed by atoms with Gasteiger partial charge in [-0.2, -0.15) is 0 Å². The number of anilines is 1. The molecule has 1 aromatic carbocycles. The summed E-state index contributed by atoms with van der Waals surface area (Å²) in [5.41, 5.74) is 4.05. The normalized spacial score (nSPS) is 15.3. The molecule has 27 heavy (non-hydrogen) atoms. The highest BCUT2D eigenvalue weighted by atomic mass is 16.1. The first-order chi connectivity index (χ1) is 12.9. The Morgan fingerprint density at radius 3 is 2.44 bits per heavy atom. The van der Waals surface area contributed by atoms with E-state index in [4.69, 9.17) is 0 Å². The van der Waals surface area contributed by atoms with E-state index in [0.29, 0.717) is 25.3 Å². The Labute approximate surface area is 160 Å². The number of aromatic nitrogens is 1. The second-order valence-electron chi connectivity index (χ2n) is 7.51. The molecule has 1 aromatic heterocycles. The van der Waals surface area contributed by atoms with Gasteiger partial charge in [-0.25, -0.2) is 0 Å². The first-order valence-electron chi connectivity index (χ1n) is 9.53. The zero-order valence-corrected chi connectivity index (χ0v) is 16.2. The van der Waals surface area contributed by atoms with E-state index in [1.807, 2.05) is 36.1 Å². The van der Waals surface area contributed by atoms with E-state index >= 15 is 0 Å². The van der Waals surface area contributed by atoms with E-state index in [2.05, 4.69) is 36.3 Å². The summed E-state index contributed by atoms with van der Waals surface area (Å²) in [6.45, 7) is 7.46. The van der Waals surface area contributed by atoms with Gasteiger partial charge in [0.05, 0.1) is 36.6 Å². The van der Waals surface area contributed by atoms with Crippen LogP contribution in [0.5, 0.6) is 0 Å². The molecular weight excluding hydrogens is 338 g/mol. The Bertz CT molecular complexity index is 797. The molecule has 3 rings (SSSR count). The first kappa shape index (κ1) is 19.1. The molecule has 1 aliphatic rings. The van der Waals surface area contributed by atoms with Crippen molar-refractivity contribution in [2.45, 2.75) is 45.6 Å². The number of Topliss-reactive ketones (excluding diaryl/α,β-unsaturated/α-hetero) is 1. The molecule has 0 bridgehead atoms. The van der Waals surface area contributed by atoms with E-state index in [-0.39, 0.29) is 17.7 Å². The van der Waals surface area contributed by atoms with Gasteiger partial charge in [-0.15, -0.1) is 0 Å². The lowest BCUT2D eigenvalue weighted by Crippen LogP contribution is -2.28. The number of pyridine rings is 1. The predicted octanol–water partition coefficient (Wildman–Crippen LogP) is 3.40. The van der Waals surface area contributed by atoms with Crippen LogP contribution in [0.3, 0.4) is 0 Å². The summed E-state index contributed by atoms with van der Waals surface area (Å²) in [7, 11) is 0. The summed E-state index contributed by atoms with van der Waals surface area (Å²) >= 11 is 0. The van der Waals surface area contributed by atoms with Crippen LogP contribution in [-0.4, -0.2) is 29.8 Å². The van der Waals surface area contributed by atoms with Crippen molar-refractivity contribution in [3.05, 3.63) is 59.4 Å². The minimum atomic E-state index is -0.165. The average Bonchev–Trinajstić information content (AvgIpc) is 3.08. The van der Waals surface area contributed by atoms with Crippen LogP contribution in [0.15, 0.2) is 42.6 Å². The number of ketones is 1. The minimum absolute atomic E-state index is 0.0178. The van der Waals surface area contributed by atoms with Crippen molar-refractivity contribution >= 4 is 17.4 Å². The summed E-state index contributed by atoms with van der Waals surface area (Å²) in [6.07, 6.45) is 2.74. The van der Waals surface area contributed by atoms with Gasteiger partial charge < -0.3 is 10.2 Å². The number of carbonyl (C=O) groups is 2. The number of rotatable bonds is 6. The van der Waals surface area contributed by atoms with Crippen molar-refractivity contribution in [3.8, 4) is 0 Å². The monoisotopic (exact) mass is 365 g/mol. The third kappa shape index (κ3) is 4.94. The predicted molar refractivity (Wildman–Crippen MR) is 107 cm³/mol. The first-order valence-corrected chi connectivity index (χ1v) is 9.53. The highest BCUT2D eigenvalue weighted by Gasteiger charge is 2.20. The van der Waals surface area contributed by atoms with Gasteiger partial charge in [-0.1, -0.05) is 38.1 Å². The number of nitrogens with zero attached hydrogens (tertiary/aromatic N) is 2. The molecule has 1 N–H and O–H groups in total. The lowest BCUT2D eigenvalue weighted by molar-refractivity contribution is -0.121. The van der Waals surface area contributed by atoms with Crippen molar-refractivity contribution in [1.29, 1.82) is 0 Å². The van der Waals surface area contributed by atoms with Crippen LogP contribution in [-0.2, 0) is 16.0 Å². The van der Waals surface area contributed by atoms with E-state index < -0.39 is 0 Å². The molecule has 2 heterocycles. The van der Waals surface area contributed by atoms with E-state index in [0.717, 1.165) is 23.5 Å². The third-order valence-corrected chi connectivity index (χ3v) is 5.00. The molecule has 0 saturated carbocycles. The maximum atomic E-state index is 12.3. The largest absolute Gasteiger partial charge is 0.363 e. The molecule has 0 spiro atoms. The quantitative estimate of drug-likeness (QED) is 0.852. The fraction of sp³-hybridized carbons (Fsp3) is 0.409. The molecule has 1 unspecified atom stereocenters. The van der Waals surface area contributed by atoms with Crippen molar-refractivity contribution in [1.82, 2.24) is 10.3 Å². The lowest BCUT2D eigenvalue weighted by atomic mass is 10.0. The molecule has 0 radical (unpaired) electrons. The van der Waals surface area contributed by atoms with Gasteiger partial charge in [0, 0.05) is 13.0 Å². The summed E-state index contributed by atoms with van der Waals surface area (Å²) in [5, 5.41) is 3.01. The van der Waals surface area contributed by atoms with Gasteiger partial charge in [-0.05, 0) is 36.1 Å². The van der Waals surface area contributed by atoms with Crippen LogP contribution in [0.4, 0.5) is 5.69 Å². The van der Waals surface area contributed by atoms with Crippen LogP contribution < -0.4 is 10.2 Å². The molecule has 5 nitrogen and oxygen atoms in total. The Morgan fingerprint density at radius 2 is 1.89 bits per heavy atom. The zero-order valence-electron chi connectivity index (χ0n) is 16.2. The Morgan fingerprint density at radius 1 is 1.15 bits per heavy atom. The van der Waals surface area contributed by atoms with Crippen molar-refractivity contribution in [3.63, 3.8) is 0 Å². The number of hydrogen-bond acceptors (Lipinski definition) is 4. The molecule has 142 valence electrons. The van der Waals surface area contributed by atoms with E-state index in [1.165, 1.54) is 5.56 Å². The van der Waals surface area contributed by atoms with Gasteiger partial charge in [0.2, 0.25) is 5.91 Å². The van der Waals surface area contributed by atoms with Gasteiger partial charge in [-0.3, -0.25) is 14.6 Å². The molecule has 0 aliphatic carbocycles. The second kappa shape index (κ2) is 8.33. The lowest BCUT2D eigenvalue weighted by Gasteiger charge is -2.18. The number of benzene rings is 1. The molecule has 1 fully saturated rings. The van der Waals surface area contributed by atoms with E-state index in [1.54, 1.807) is 6.20 Å². The topological polar surface area (TPSA) is 62.3 Å². The Kier molecular flexibility index (Phi) is 5.89. The van der Waals surface area contributed by atoms with Gasteiger partial charge in [0.15, 0.2) is 5.78 Å². The van der Waals surface area contributed by atoms with Crippen LogP contribution in [0.2, 0.25) is 0 Å². The number of nitrogens with one attached hydrogen (secondary N) is 1. The maximum absolute atomic E-state index is 12.3. The van der Waals surface area contributed by atoms with Crippen LogP contribution in [0.1, 0.15) is 56.0 Å². The molecule has 1 aliphatic heterocycles. The summed E-state index contributed by atoms with van der Waals surface area (Å²) in [6, 6.07) is 11.9. The molecule has 2 aromatic rings. The van der Waals surface area contributed by atoms with Gasteiger partial charge >= 0.3 is 0 Å². The molecular formula is C22H27N3O2. The Balaban J connectivity index is 1.55. The SMILES string of the molecule is CC(C)c1ccc(CC(=O)NC(C)c2ccc(N3CCC(=O)C3)cn2)cc1. The smallest absolute Gasteiger partial charge is 0.224 e. The van der Waals surface area contributed by atoms with E-state index in [9.17, 15) is 9.59 Å². The second-order valence-corrected chi connectivity index (χ2v) is 7.51. The highest BCUT2D eigenvalue weighted by Crippen LogP contribution is 2.20. The fourth-order valence-corrected chi connectivity index (χ4v) is 3.26. The van der Waals surface area contributed by atoms with Crippen molar-refractivity contribution in [2.24, 2.45) is 0 Å². The van der Waals surface area contributed by atoms with Crippen LogP contribution in [0.25, 0.3) is 0 Å². The molecule has 5 heteroatoms. The van der Waals surface area contributed by atoms with Crippen molar-refractivity contribution in [2.75, 3.05) is 18.0 Å². The zero-order chi connectivity index (χ0) is 19.4. The van der Waals surface area contributed by atoms with Crippen LogP contribution >= 0.6 is 0 Å². The number of amides is 1. The molecule has 1 atom stereocenters. The summed E-state index contributed by atoms with van der Waals surface area (Å²) < 4.78 is 0. The molecule has 1 amide bonds. The average molecular weight is 365 g/mol. The van der Waals surface area contributed by atoms with Gasteiger partial charge in [0.25, 0.3) is 0 Å². The fourth-order valence-electron chi connectivity index (χ4n) is 3.26. The highest BCUT2D eigenvalue weighted by molar-refractivity contribution is 5.87. The van der Waals surface area contributed by atoms with Crippen LogP contribution in [0, 0.1) is 0 Å². The number of hydrogen-bond donors (Lipinski definition) is 1. The standard InChI is InChI=1S/C22H27N3O2/c1-15(2)18-6-4-17(5-7-18)12-22(27)24-16(3)21-9-8-19(13-23-21)25-11-10-20(26)14-25/h4-9,13,15-16H,10-12,14H2,1-3H3,(H,24,27). The summed E-state index contributed by atoms with van der Waals surface area (Å²) in [4.78, 5) is 30.3. The number of carbonyl (C=O) groups excluding carboxylic acids is 2. The molecule has 1 saturated heterocycles. The maximum Gasteiger partial charge on any atom is 0.224 e.